The minimum absolute atomic E-state index is 0.0412. The molecule has 25 heavy (non-hydrogen) atoms. The molecular weight excluding hydrogens is 357 g/mol. The summed E-state index contributed by atoms with van der Waals surface area (Å²) in [4.78, 5) is 3.65. The van der Waals surface area contributed by atoms with E-state index in [0.717, 1.165) is 0 Å². The molecule has 0 spiro atoms. The second-order valence-corrected chi connectivity index (χ2v) is 6.69. The maximum Gasteiger partial charge on any atom is 0.433 e. The van der Waals surface area contributed by atoms with Crippen molar-refractivity contribution in [2.24, 2.45) is 5.14 Å². The van der Waals surface area contributed by atoms with Gasteiger partial charge in [-0.05, 0) is 29.8 Å². The van der Waals surface area contributed by atoms with Crippen LogP contribution in [0.2, 0.25) is 0 Å². The Hall–Kier alpha value is -2.72. The van der Waals surface area contributed by atoms with E-state index < -0.39 is 21.9 Å². The summed E-state index contributed by atoms with van der Waals surface area (Å²) >= 11 is 0. The average molecular weight is 368 g/mol. The zero-order chi connectivity index (χ0) is 18.2. The molecule has 0 aliphatic carbocycles. The number of halogens is 3. The molecule has 0 aliphatic rings. The largest absolute Gasteiger partial charge is 0.433 e. The van der Waals surface area contributed by atoms with Crippen LogP contribution >= 0.6 is 0 Å². The highest BCUT2D eigenvalue weighted by atomic mass is 32.2. The van der Waals surface area contributed by atoms with E-state index in [1.807, 2.05) is 5.10 Å². The van der Waals surface area contributed by atoms with Gasteiger partial charge in [0, 0.05) is 23.5 Å². The number of sulfonamides is 1. The van der Waals surface area contributed by atoms with Crippen LogP contribution in [0, 0.1) is 0 Å². The minimum Gasteiger partial charge on any atom is -0.272 e. The molecule has 0 aliphatic heterocycles. The van der Waals surface area contributed by atoms with Crippen molar-refractivity contribution in [1.29, 1.82) is 0 Å². The normalized spacial score (nSPS) is 12.3. The zero-order valence-electron chi connectivity index (χ0n) is 12.4. The van der Waals surface area contributed by atoms with Gasteiger partial charge >= 0.3 is 6.18 Å². The number of aromatic nitrogens is 3. The molecule has 2 aromatic heterocycles. The molecule has 0 unspecified atom stereocenters. The van der Waals surface area contributed by atoms with Crippen molar-refractivity contribution in [2.75, 3.05) is 0 Å². The van der Waals surface area contributed by atoms with Crippen LogP contribution < -0.4 is 5.14 Å². The third kappa shape index (κ3) is 3.39. The molecule has 3 N–H and O–H groups in total. The molecular formula is C15H11F3N4O2S. The van der Waals surface area contributed by atoms with Crippen LogP contribution in [-0.2, 0) is 16.2 Å². The summed E-state index contributed by atoms with van der Waals surface area (Å²) in [6, 6.07) is 7.98. The first-order valence-electron chi connectivity index (χ1n) is 6.87. The topological polar surface area (TPSA) is 102 Å². The fraction of sp³-hybridized carbons (Fsp3) is 0.0667. The number of alkyl halides is 3. The van der Waals surface area contributed by atoms with Crippen LogP contribution in [0.25, 0.3) is 22.4 Å². The van der Waals surface area contributed by atoms with E-state index in [-0.39, 0.29) is 21.7 Å². The monoisotopic (exact) mass is 368 g/mol. The van der Waals surface area contributed by atoms with E-state index >= 15 is 0 Å². The Kier molecular flexibility index (Phi) is 4.09. The van der Waals surface area contributed by atoms with Crippen LogP contribution in [0.5, 0.6) is 0 Å². The molecule has 1 aromatic carbocycles. The predicted octanol–water partition coefficient (Wildman–Crippen LogP) is 2.80. The lowest BCUT2D eigenvalue weighted by atomic mass is 9.99. The molecule has 2 heterocycles. The minimum atomic E-state index is -4.63. The highest BCUT2D eigenvalue weighted by Gasteiger charge is 2.38. The quantitative estimate of drug-likeness (QED) is 0.742. The Morgan fingerprint density at radius 3 is 2.08 bits per heavy atom. The Labute approximate surface area is 140 Å². The summed E-state index contributed by atoms with van der Waals surface area (Å²) in [5.41, 5.74) is -0.505. The van der Waals surface area contributed by atoms with Gasteiger partial charge in [-0.1, -0.05) is 12.1 Å². The third-order valence-electron chi connectivity index (χ3n) is 3.48. The molecule has 0 radical (unpaired) electrons. The van der Waals surface area contributed by atoms with Crippen LogP contribution in [0.15, 0.2) is 53.7 Å². The molecule has 0 bridgehead atoms. The van der Waals surface area contributed by atoms with Gasteiger partial charge in [-0.2, -0.15) is 18.3 Å². The van der Waals surface area contributed by atoms with Gasteiger partial charge in [0.05, 0.1) is 4.90 Å². The fourth-order valence-corrected chi connectivity index (χ4v) is 2.87. The number of hydrogen-bond donors (Lipinski definition) is 2. The number of H-pyrrole nitrogens is 1. The number of hydrogen-bond acceptors (Lipinski definition) is 4. The lowest BCUT2D eigenvalue weighted by molar-refractivity contribution is -0.140. The van der Waals surface area contributed by atoms with Gasteiger partial charge in [-0.25, -0.2) is 13.6 Å². The number of nitrogens with zero attached hydrogens (tertiary/aromatic N) is 2. The zero-order valence-corrected chi connectivity index (χ0v) is 13.3. The van der Waals surface area contributed by atoms with Gasteiger partial charge < -0.3 is 0 Å². The van der Waals surface area contributed by atoms with Crippen LogP contribution in [0.4, 0.5) is 13.2 Å². The molecule has 10 heteroatoms. The molecule has 3 aromatic rings. The summed E-state index contributed by atoms with van der Waals surface area (Å²) in [7, 11) is -3.90. The van der Waals surface area contributed by atoms with Crippen molar-refractivity contribution in [3.63, 3.8) is 0 Å². The third-order valence-corrected chi connectivity index (χ3v) is 4.40. The maximum atomic E-state index is 13.3. The Morgan fingerprint density at radius 1 is 0.960 bits per heavy atom. The van der Waals surface area contributed by atoms with Gasteiger partial charge in [0.2, 0.25) is 10.0 Å². The summed E-state index contributed by atoms with van der Waals surface area (Å²) in [5.74, 6) is 0. The summed E-state index contributed by atoms with van der Waals surface area (Å²) in [6.45, 7) is 0. The van der Waals surface area contributed by atoms with E-state index in [2.05, 4.69) is 10.1 Å². The molecule has 0 atom stereocenters. The first-order valence-corrected chi connectivity index (χ1v) is 8.42. The van der Waals surface area contributed by atoms with E-state index in [1.165, 1.54) is 48.8 Å². The lowest BCUT2D eigenvalue weighted by Crippen LogP contribution is -2.11. The van der Waals surface area contributed by atoms with Gasteiger partial charge in [-0.3, -0.25) is 10.1 Å². The summed E-state index contributed by atoms with van der Waals surface area (Å²) in [5, 5.41) is 10.8. The molecule has 3 rings (SSSR count). The van der Waals surface area contributed by atoms with Crippen molar-refractivity contribution in [3.05, 3.63) is 54.5 Å². The van der Waals surface area contributed by atoms with E-state index in [0.29, 0.717) is 5.56 Å². The van der Waals surface area contributed by atoms with Gasteiger partial charge in [0.1, 0.15) is 11.4 Å². The highest BCUT2D eigenvalue weighted by molar-refractivity contribution is 7.89. The second kappa shape index (κ2) is 5.97. The standard InChI is InChI=1S/C15H11F3N4O2S/c16-15(17,18)14-12(9-5-7-20-8-6-9)13(21-22-14)10-1-3-11(4-2-10)25(19,23)24/h1-8H,(H,21,22)(H2,19,23,24). The Morgan fingerprint density at radius 2 is 1.56 bits per heavy atom. The number of rotatable bonds is 3. The highest BCUT2D eigenvalue weighted by Crippen LogP contribution is 2.40. The van der Waals surface area contributed by atoms with Crippen LogP contribution in [0.1, 0.15) is 5.69 Å². The molecule has 0 saturated carbocycles. The molecule has 0 saturated heterocycles. The summed E-state index contributed by atoms with van der Waals surface area (Å²) < 4.78 is 62.5. The Balaban J connectivity index is 2.19. The van der Waals surface area contributed by atoms with Crippen molar-refractivity contribution in [1.82, 2.24) is 15.2 Å². The number of pyridine rings is 1. The lowest BCUT2D eigenvalue weighted by Gasteiger charge is -2.09. The fourth-order valence-electron chi connectivity index (χ4n) is 2.36. The molecule has 0 fully saturated rings. The van der Waals surface area contributed by atoms with E-state index in [1.54, 1.807) is 0 Å². The van der Waals surface area contributed by atoms with Crippen molar-refractivity contribution >= 4 is 10.0 Å². The average Bonchev–Trinajstić information content (AvgIpc) is 3.00. The molecule has 130 valence electrons. The van der Waals surface area contributed by atoms with E-state index in [4.69, 9.17) is 5.14 Å². The summed E-state index contributed by atoms with van der Waals surface area (Å²) in [6.07, 6.45) is -1.89. The van der Waals surface area contributed by atoms with Crippen molar-refractivity contribution < 1.29 is 21.6 Å². The first-order chi connectivity index (χ1) is 11.7. The van der Waals surface area contributed by atoms with Gasteiger partial charge in [0.25, 0.3) is 0 Å². The number of aromatic amines is 1. The number of nitrogens with one attached hydrogen (secondary N) is 1. The molecule has 0 amide bonds. The van der Waals surface area contributed by atoms with Gasteiger partial charge in [-0.15, -0.1) is 0 Å². The van der Waals surface area contributed by atoms with Crippen molar-refractivity contribution in [3.8, 4) is 22.4 Å². The smallest absolute Gasteiger partial charge is 0.272 e. The first kappa shape index (κ1) is 17.1. The van der Waals surface area contributed by atoms with Crippen LogP contribution in [-0.4, -0.2) is 23.6 Å². The number of primary sulfonamides is 1. The van der Waals surface area contributed by atoms with Crippen molar-refractivity contribution in [2.45, 2.75) is 11.1 Å². The number of nitrogens with two attached hydrogens (primary N) is 1. The van der Waals surface area contributed by atoms with E-state index in [9.17, 15) is 21.6 Å². The molecule has 6 nitrogen and oxygen atoms in total. The second-order valence-electron chi connectivity index (χ2n) is 5.13. The predicted molar refractivity (Wildman–Crippen MR) is 83.6 cm³/mol. The van der Waals surface area contributed by atoms with Gasteiger partial charge in [0.15, 0.2) is 0 Å². The van der Waals surface area contributed by atoms with Crippen LogP contribution in [0.3, 0.4) is 0 Å². The maximum absolute atomic E-state index is 13.3. The number of benzene rings is 1. The SMILES string of the molecule is NS(=O)(=O)c1ccc(-c2n[nH]c(C(F)(F)F)c2-c2ccncc2)cc1. The Bertz CT molecular complexity index is 998.